The first kappa shape index (κ1) is 13.6. The summed E-state index contributed by atoms with van der Waals surface area (Å²) in [5, 5.41) is 0.386. The number of anilines is 2. The van der Waals surface area contributed by atoms with Crippen molar-refractivity contribution in [2.75, 3.05) is 10.5 Å². The van der Waals surface area contributed by atoms with E-state index in [2.05, 4.69) is 9.71 Å². The van der Waals surface area contributed by atoms with Crippen LogP contribution in [0.4, 0.5) is 11.4 Å². The van der Waals surface area contributed by atoms with Gasteiger partial charge >= 0.3 is 0 Å². The van der Waals surface area contributed by atoms with Crippen molar-refractivity contribution in [3.8, 4) is 0 Å². The van der Waals surface area contributed by atoms with Crippen molar-refractivity contribution >= 4 is 33.0 Å². The summed E-state index contributed by atoms with van der Waals surface area (Å²) < 4.78 is 26.9. The van der Waals surface area contributed by atoms with Gasteiger partial charge < -0.3 is 5.73 Å². The van der Waals surface area contributed by atoms with Crippen LogP contribution in [0, 0.1) is 6.92 Å². The fourth-order valence-corrected chi connectivity index (χ4v) is 2.98. The summed E-state index contributed by atoms with van der Waals surface area (Å²) >= 11 is 5.75. The topological polar surface area (TPSA) is 85.1 Å². The van der Waals surface area contributed by atoms with E-state index in [1.165, 1.54) is 24.4 Å². The van der Waals surface area contributed by atoms with E-state index >= 15 is 0 Å². The maximum Gasteiger partial charge on any atom is 0.263 e. The van der Waals surface area contributed by atoms with E-state index in [0.717, 1.165) is 5.56 Å². The number of aryl methyl sites for hydroxylation is 1. The lowest BCUT2D eigenvalue weighted by Crippen LogP contribution is -2.15. The van der Waals surface area contributed by atoms with Crippen molar-refractivity contribution in [2.45, 2.75) is 11.8 Å². The van der Waals surface area contributed by atoms with Crippen LogP contribution in [0.5, 0.6) is 0 Å². The maximum atomic E-state index is 12.2. The number of pyridine rings is 1. The van der Waals surface area contributed by atoms with Gasteiger partial charge in [-0.25, -0.2) is 8.42 Å². The molecular weight excluding hydrogens is 286 g/mol. The van der Waals surface area contributed by atoms with Crippen LogP contribution in [0.1, 0.15) is 5.56 Å². The lowest BCUT2D eigenvalue weighted by Gasteiger charge is -2.11. The highest BCUT2D eigenvalue weighted by Gasteiger charge is 2.18. The Balaban J connectivity index is 2.41. The molecular formula is C12H12ClN3O2S. The van der Waals surface area contributed by atoms with Gasteiger partial charge in [-0.3, -0.25) is 9.71 Å². The fraction of sp³-hybridized carbons (Fsp3) is 0.0833. The van der Waals surface area contributed by atoms with E-state index in [1.54, 1.807) is 19.2 Å². The molecule has 19 heavy (non-hydrogen) atoms. The number of nitrogen functional groups attached to an aromatic ring is 1. The fourth-order valence-electron chi connectivity index (χ4n) is 1.55. The average molecular weight is 298 g/mol. The summed E-state index contributed by atoms with van der Waals surface area (Å²) in [6, 6.07) is 5.83. The summed E-state index contributed by atoms with van der Waals surface area (Å²) in [6.07, 6.45) is 3.08. The summed E-state index contributed by atoms with van der Waals surface area (Å²) in [6.45, 7) is 1.76. The monoisotopic (exact) mass is 297 g/mol. The third kappa shape index (κ3) is 2.97. The highest BCUT2D eigenvalue weighted by molar-refractivity contribution is 7.92. The first-order chi connectivity index (χ1) is 8.90. The molecule has 100 valence electrons. The molecule has 0 aliphatic carbocycles. The molecule has 0 radical (unpaired) electrons. The van der Waals surface area contributed by atoms with Gasteiger partial charge in [0.05, 0.1) is 11.4 Å². The number of hydrogen-bond donors (Lipinski definition) is 2. The molecule has 0 fully saturated rings. The van der Waals surface area contributed by atoms with Gasteiger partial charge in [-0.15, -0.1) is 0 Å². The van der Waals surface area contributed by atoms with Gasteiger partial charge in [-0.2, -0.15) is 0 Å². The Kier molecular flexibility index (Phi) is 3.64. The Morgan fingerprint density at radius 1 is 1.32 bits per heavy atom. The minimum absolute atomic E-state index is 0.00638. The Labute approximate surface area is 116 Å². The van der Waals surface area contributed by atoms with Gasteiger partial charge in [0.25, 0.3) is 10.0 Å². The molecule has 1 heterocycles. The first-order valence-corrected chi connectivity index (χ1v) is 7.25. The number of nitrogens with two attached hydrogens (primary N) is 1. The van der Waals surface area contributed by atoms with E-state index < -0.39 is 10.0 Å². The number of benzene rings is 1. The van der Waals surface area contributed by atoms with Crippen LogP contribution in [-0.4, -0.2) is 13.4 Å². The van der Waals surface area contributed by atoms with Crippen molar-refractivity contribution in [1.29, 1.82) is 0 Å². The third-order valence-corrected chi connectivity index (χ3v) is 4.20. The second kappa shape index (κ2) is 5.07. The Morgan fingerprint density at radius 3 is 2.68 bits per heavy atom. The SMILES string of the molecule is Cc1cnccc1NS(=O)(=O)c1ccc(Cl)cc1N. The molecule has 0 atom stereocenters. The van der Waals surface area contributed by atoms with E-state index in [-0.39, 0.29) is 10.6 Å². The molecule has 3 N–H and O–H groups in total. The van der Waals surface area contributed by atoms with E-state index in [0.29, 0.717) is 10.7 Å². The van der Waals surface area contributed by atoms with Gasteiger partial charge in [0.1, 0.15) is 4.90 Å². The minimum atomic E-state index is -3.74. The second-order valence-electron chi connectivity index (χ2n) is 3.98. The normalized spacial score (nSPS) is 11.3. The smallest absolute Gasteiger partial charge is 0.263 e. The van der Waals surface area contributed by atoms with Crippen molar-refractivity contribution in [2.24, 2.45) is 0 Å². The molecule has 0 aliphatic heterocycles. The number of rotatable bonds is 3. The molecule has 7 heteroatoms. The molecule has 2 rings (SSSR count). The highest BCUT2D eigenvalue weighted by atomic mass is 35.5. The Hall–Kier alpha value is -1.79. The molecule has 2 aromatic rings. The van der Waals surface area contributed by atoms with E-state index in [1.807, 2.05) is 0 Å². The predicted molar refractivity (Wildman–Crippen MR) is 75.6 cm³/mol. The van der Waals surface area contributed by atoms with Crippen molar-refractivity contribution in [3.63, 3.8) is 0 Å². The van der Waals surface area contributed by atoms with Crippen molar-refractivity contribution in [1.82, 2.24) is 4.98 Å². The minimum Gasteiger partial charge on any atom is -0.398 e. The highest BCUT2D eigenvalue weighted by Crippen LogP contribution is 2.25. The first-order valence-electron chi connectivity index (χ1n) is 5.38. The van der Waals surface area contributed by atoms with Gasteiger partial charge in [0.15, 0.2) is 0 Å². The zero-order chi connectivity index (χ0) is 14.0. The lowest BCUT2D eigenvalue weighted by atomic mass is 10.3. The largest absolute Gasteiger partial charge is 0.398 e. The molecule has 0 saturated carbocycles. The maximum absolute atomic E-state index is 12.2. The Bertz CT molecular complexity index is 717. The molecule has 0 amide bonds. The number of nitrogens with zero attached hydrogens (tertiary/aromatic N) is 1. The second-order valence-corrected chi connectivity index (χ2v) is 6.07. The molecule has 0 aliphatic rings. The molecule has 0 unspecified atom stereocenters. The van der Waals surface area contributed by atoms with E-state index in [4.69, 9.17) is 17.3 Å². The van der Waals surface area contributed by atoms with Crippen LogP contribution in [0.2, 0.25) is 5.02 Å². The molecule has 5 nitrogen and oxygen atoms in total. The lowest BCUT2D eigenvalue weighted by molar-refractivity contribution is 0.601. The molecule has 1 aromatic heterocycles. The van der Waals surface area contributed by atoms with Gasteiger partial charge in [-0.1, -0.05) is 11.6 Å². The van der Waals surface area contributed by atoms with Crippen LogP contribution in [-0.2, 0) is 10.0 Å². The summed E-state index contributed by atoms with van der Waals surface area (Å²) in [5.74, 6) is 0. The number of sulfonamides is 1. The van der Waals surface area contributed by atoms with Gasteiger partial charge in [-0.05, 0) is 36.8 Å². The van der Waals surface area contributed by atoms with Crippen LogP contribution < -0.4 is 10.5 Å². The van der Waals surface area contributed by atoms with Crippen LogP contribution in [0.25, 0.3) is 0 Å². The Morgan fingerprint density at radius 2 is 2.05 bits per heavy atom. The number of hydrogen-bond acceptors (Lipinski definition) is 4. The molecule has 0 saturated heterocycles. The van der Waals surface area contributed by atoms with Crippen LogP contribution in [0.3, 0.4) is 0 Å². The number of aromatic nitrogens is 1. The molecule has 0 bridgehead atoms. The van der Waals surface area contributed by atoms with Crippen LogP contribution >= 0.6 is 11.6 Å². The summed E-state index contributed by atoms with van der Waals surface area (Å²) in [7, 11) is -3.74. The van der Waals surface area contributed by atoms with Gasteiger partial charge in [0.2, 0.25) is 0 Å². The predicted octanol–water partition coefficient (Wildman–Crippen LogP) is 2.43. The van der Waals surface area contributed by atoms with Crippen molar-refractivity contribution in [3.05, 3.63) is 47.2 Å². The molecule has 1 aromatic carbocycles. The average Bonchev–Trinajstić information content (AvgIpc) is 2.31. The number of nitrogens with one attached hydrogen (secondary N) is 1. The van der Waals surface area contributed by atoms with Crippen LogP contribution in [0.15, 0.2) is 41.6 Å². The molecule has 0 spiro atoms. The zero-order valence-corrected chi connectivity index (χ0v) is 11.7. The third-order valence-electron chi connectivity index (χ3n) is 2.53. The summed E-state index contributed by atoms with van der Waals surface area (Å²) in [4.78, 5) is 3.89. The standard InChI is InChI=1S/C12H12ClN3O2S/c1-8-7-15-5-4-11(8)16-19(17,18)12-3-2-9(13)6-10(12)14/h2-7H,14H2,1H3,(H,15,16). The van der Waals surface area contributed by atoms with Crippen molar-refractivity contribution < 1.29 is 8.42 Å². The van der Waals surface area contributed by atoms with E-state index in [9.17, 15) is 8.42 Å². The summed E-state index contributed by atoms with van der Waals surface area (Å²) in [5.41, 5.74) is 6.97. The zero-order valence-electron chi connectivity index (χ0n) is 10.1. The quantitative estimate of drug-likeness (QED) is 0.852. The number of halogens is 1. The van der Waals surface area contributed by atoms with Gasteiger partial charge in [0, 0.05) is 17.4 Å².